The minimum atomic E-state index is -1.34. The van der Waals surface area contributed by atoms with E-state index in [0.29, 0.717) is 5.56 Å². The van der Waals surface area contributed by atoms with Crippen molar-refractivity contribution in [1.29, 1.82) is 0 Å². The van der Waals surface area contributed by atoms with E-state index in [-0.39, 0.29) is 13.0 Å². The number of carbonyl (C=O) groups is 3. The Morgan fingerprint density at radius 1 is 1.37 bits per heavy atom. The summed E-state index contributed by atoms with van der Waals surface area (Å²) in [5, 5.41) is 21.9. The fourth-order valence-electron chi connectivity index (χ4n) is 1.24. The molecule has 2 amide bonds. The molecule has 0 spiro atoms. The smallest absolute Gasteiger partial charge is 0.328 e. The van der Waals surface area contributed by atoms with E-state index >= 15 is 0 Å². The zero-order chi connectivity index (χ0) is 14.3. The molecule has 8 nitrogen and oxygen atoms in total. The van der Waals surface area contributed by atoms with Gasteiger partial charge < -0.3 is 25.3 Å². The largest absolute Gasteiger partial charge is 0.480 e. The van der Waals surface area contributed by atoms with Crippen molar-refractivity contribution in [3.05, 3.63) is 24.2 Å². The SMILES string of the molecule is O=C(CCNC(=O)c1ccoc1)NC(CO)C(=O)O. The zero-order valence-electron chi connectivity index (χ0n) is 9.96. The lowest BCUT2D eigenvalue weighted by Gasteiger charge is -2.11. The van der Waals surface area contributed by atoms with Gasteiger partial charge in [0.05, 0.1) is 18.4 Å². The van der Waals surface area contributed by atoms with Crippen LogP contribution in [0, 0.1) is 0 Å². The molecule has 19 heavy (non-hydrogen) atoms. The van der Waals surface area contributed by atoms with Gasteiger partial charge in [-0.2, -0.15) is 0 Å². The Bertz CT molecular complexity index is 442. The van der Waals surface area contributed by atoms with Gasteiger partial charge in [0.15, 0.2) is 0 Å². The average molecular weight is 270 g/mol. The van der Waals surface area contributed by atoms with Crippen LogP contribution in [-0.4, -0.2) is 47.2 Å². The molecule has 1 atom stereocenters. The Kier molecular flexibility index (Phi) is 5.55. The van der Waals surface area contributed by atoms with E-state index in [4.69, 9.17) is 14.6 Å². The number of carboxylic acid groups (broad SMARTS) is 1. The second kappa shape index (κ2) is 7.17. The Balaban J connectivity index is 2.27. The van der Waals surface area contributed by atoms with Crippen LogP contribution in [0.15, 0.2) is 23.0 Å². The Morgan fingerprint density at radius 2 is 2.11 bits per heavy atom. The van der Waals surface area contributed by atoms with Gasteiger partial charge in [-0.05, 0) is 6.07 Å². The fourth-order valence-corrected chi connectivity index (χ4v) is 1.24. The highest BCUT2D eigenvalue weighted by Gasteiger charge is 2.18. The van der Waals surface area contributed by atoms with Crippen molar-refractivity contribution in [2.45, 2.75) is 12.5 Å². The standard InChI is InChI=1S/C11H14N2O6/c14-5-8(11(17)18)13-9(15)1-3-12-10(16)7-2-4-19-6-7/h2,4,6,8,14H,1,3,5H2,(H,12,16)(H,13,15)(H,17,18). The molecule has 0 radical (unpaired) electrons. The maximum absolute atomic E-state index is 11.4. The number of hydrogen-bond donors (Lipinski definition) is 4. The van der Waals surface area contributed by atoms with Gasteiger partial charge in [-0.3, -0.25) is 9.59 Å². The third-order valence-corrected chi connectivity index (χ3v) is 2.24. The minimum absolute atomic E-state index is 0.0492. The molecule has 1 aromatic heterocycles. The highest BCUT2D eigenvalue weighted by molar-refractivity contribution is 5.94. The second-order valence-corrected chi connectivity index (χ2v) is 3.66. The van der Waals surface area contributed by atoms with E-state index < -0.39 is 30.4 Å². The number of aliphatic hydroxyl groups is 1. The lowest BCUT2D eigenvalue weighted by atomic mass is 10.3. The molecule has 4 N–H and O–H groups in total. The molecule has 0 aliphatic rings. The van der Waals surface area contributed by atoms with Gasteiger partial charge in [0.25, 0.3) is 5.91 Å². The van der Waals surface area contributed by atoms with E-state index in [1.165, 1.54) is 18.6 Å². The van der Waals surface area contributed by atoms with Gasteiger partial charge in [0.1, 0.15) is 12.3 Å². The third-order valence-electron chi connectivity index (χ3n) is 2.24. The van der Waals surface area contributed by atoms with Gasteiger partial charge in [-0.15, -0.1) is 0 Å². The number of aliphatic carboxylic acids is 1. The zero-order valence-corrected chi connectivity index (χ0v) is 9.96. The van der Waals surface area contributed by atoms with Crippen LogP contribution >= 0.6 is 0 Å². The van der Waals surface area contributed by atoms with Crippen molar-refractivity contribution in [1.82, 2.24) is 10.6 Å². The summed E-state index contributed by atoms with van der Waals surface area (Å²) in [4.78, 5) is 33.3. The Hall–Kier alpha value is -2.35. The molecule has 0 aliphatic heterocycles. The summed E-state index contributed by atoms with van der Waals surface area (Å²) in [6.07, 6.45) is 2.52. The van der Waals surface area contributed by atoms with Gasteiger partial charge in [-0.1, -0.05) is 0 Å². The van der Waals surface area contributed by atoms with Gasteiger partial charge in [-0.25, -0.2) is 4.79 Å². The Labute approximate surface area is 108 Å². The van der Waals surface area contributed by atoms with Crippen molar-refractivity contribution < 1.29 is 29.0 Å². The van der Waals surface area contributed by atoms with Crippen LogP contribution in [0.25, 0.3) is 0 Å². The number of nitrogens with one attached hydrogen (secondary N) is 2. The summed E-state index contributed by atoms with van der Waals surface area (Å²) in [5.41, 5.74) is 0.333. The first-order valence-electron chi connectivity index (χ1n) is 5.48. The van der Waals surface area contributed by atoms with Crippen molar-refractivity contribution in [2.24, 2.45) is 0 Å². The highest BCUT2D eigenvalue weighted by atomic mass is 16.4. The molecule has 0 saturated heterocycles. The molecule has 1 unspecified atom stereocenters. The number of carbonyl (C=O) groups excluding carboxylic acids is 2. The monoisotopic (exact) mass is 270 g/mol. The molecular formula is C11H14N2O6. The molecule has 1 rings (SSSR count). The maximum atomic E-state index is 11.4. The molecule has 0 bridgehead atoms. The quantitative estimate of drug-likeness (QED) is 0.501. The first-order chi connectivity index (χ1) is 9.04. The summed E-state index contributed by atoms with van der Waals surface area (Å²) in [5.74, 6) is -2.29. The van der Waals surface area contributed by atoms with E-state index in [1.54, 1.807) is 0 Å². The summed E-state index contributed by atoms with van der Waals surface area (Å²) in [6, 6.07) is 0.138. The van der Waals surface area contributed by atoms with Crippen LogP contribution in [0.4, 0.5) is 0 Å². The molecule has 0 aromatic carbocycles. The normalized spacial score (nSPS) is 11.6. The first-order valence-corrected chi connectivity index (χ1v) is 5.48. The number of amides is 2. The number of carboxylic acids is 1. The number of hydrogen-bond acceptors (Lipinski definition) is 5. The number of aliphatic hydroxyl groups excluding tert-OH is 1. The topological polar surface area (TPSA) is 129 Å². The van der Waals surface area contributed by atoms with Gasteiger partial charge in [0, 0.05) is 13.0 Å². The first kappa shape index (κ1) is 14.7. The van der Waals surface area contributed by atoms with Crippen molar-refractivity contribution in [3.8, 4) is 0 Å². The summed E-state index contributed by atoms with van der Waals surface area (Å²) >= 11 is 0. The van der Waals surface area contributed by atoms with E-state index in [0.717, 1.165) is 0 Å². The minimum Gasteiger partial charge on any atom is -0.480 e. The van der Waals surface area contributed by atoms with Crippen LogP contribution in [0.5, 0.6) is 0 Å². The van der Waals surface area contributed by atoms with E-state index in [2.05, 4.69) is 10.6 Å². The van der Waals surface area contributed by atoms with E-state index in [9.17, 15) is 14.4 Å². The lowest BCUT2D eigenvalue weighted by molar-refractivity contribution is -0.142. The molecule has 104 valence electrons. The van der Waals surface area contributed by atoms with Crippen molar-refractivity contribution in [3.63, 3.8) is 0 Å². The summed E-state index contributed by atoms with van der Waals surface area (Å²) in [7, 11) is 0. The lowest BCUT2D eigenvalue weighted by Crippen LogP contribution is -2.44. The number of furan rings is 1. The van der Waals surface area contributed by atoms with Crippen molar-refractivity contribution in [2.75, 3.05) is 13.2 Å². The second-order valence-electron chi connectivity index (χ2n) is 3.66. The van der Waals surface area contributed by atoms with Gasteiger partial charge in [0.2, 0.25) is 5.91 Å². The van der Waals surface area contributed by atoms with Crippen LogP contribution in [0.3, 0.4) is 0 Å². The average Bonchev–Trinajstić information content (AvgIpc) is 2.89. The summed E-state index contributed by atoms with van der Waals surface area (Å²) < 4.78 is 4.72. The number of rotatable bonds is 7. The maximum Gasteiger partial charge on any atom is 0.328 e. The molecule has 1 aromatic rings. The van der Waals surface area contributed by atoms with Crippen molar-refractivity contribution >= 4 is 17.8 Å². The molecular weight excluding hydrogens is 256 g/mol. The molecule has 8 heteroatoms. The highest BCUT2D eigenvalue weighted by Crippen LogP contribution is 1.98. The Morgan fingerprint density at radius 3 is 2.63 bits per heavy atom. The fraction of sp³-hybridized carbons (Fsp3) is 0.364. The third kappa shape index (κ3) is 4.80. The molecule has 0 aliphatic carbocycles. The van der Waals surface area contributed by atoms with E-state index in [1.807, 2.05) is 0 Å². The predicted octanol–water partition coefficient (Wildman–Crippen LogP) is -1.04. The van der Waals surface area contributed by atoms with Crippen LogP contribution in [0.1, 0.15) is 16.8 Å². The van der Waals surface area contributed by atoms with Crippen LogP contribution in [-0.2, 0) is 9.59 Å². The molecule has 1 heterocycles. The summed E-state index contributed by atoms with van der Waals surface area (Å²) in [6.45, 7) is -0.643. The predicted molar refractivity (Wildman–Crippen MR) is 62.3 cm³/mol. The molecule has 0 saturated carbocycles. The van der Waals surface area contributed by atoms with Crippen LogP contribution in [0.2, 0.25) is 0 Å². The van der Waals surface area contributed by atoms with Crippen LogP contribution < -0.4 is 10.6 Å². The van der Waals surface area contributed by atoms with Gasteiger partial charge >= 0.3 is 5.97 Å². The molecule has 0 fully saturated rings.